The number of nitrogens with one attached hydrogen (secondary N) is 1. The quantitative estimate of drug-likeness (QED) is 0.793. The van der Waals surface area contributed by atoms with Crippen LogP contribution in [-0.2, 0) is 0 Å². The van der Waals surface area contributed by atoms with Crippen LogP contribution < -0.4 is 11.2 Å². The van der Waals surface area contributed by atoms with Crippen molar-refractivity contribution in [2.24, 2.45) is 0 Å². The third-order valence-electron chi connectivity index (χ3n) is 2.02. The van der Waals surface area contributed by atoms with Crippen molar-refractivity contribution in [1.29, 1.82) is 5.26 Å². The zero-order valence-electron chi connectivity index (χ0n) is 8.35. The van der Waals surface area contributed by atoms with E-state index in [4.69, 9.17) is 16.9 Å². The van der Waals surface area contributed by atoms with Crippen LogP contribution in [0.2, 0.25) is 5.02 Å². The normalized spacial score (nSPS) is 9.88. The highest BCUT2D eigenvalue weighted by molar-refractivity contribution is 6.30. The SMILES string of the molecule is N#Cc1ccc(-n2cc(Cl)c(=O)[nH]c2=O)nc1. The van der Waals surface area contributed by atoms with Crippen LogP contribution in [0.15, 0.2) is 34.1 Å². The molecule has 2 rings (SSSR count). The minimum Gasteiger partial charge on any atom is -0.272 e. The summed E-state index contributed by atoms with van der Waals surface area (Å²) in [5.41, 5.74) is -0.921. The van der Waals surface area contributed by atoms with E-state index < -0.39 is 11.2 Å². The first-order chi connectivity index (χ1) is 8.11. The largest absolute Gasteiger partial charge is 0.334 e. The maximum Gasteiger partial charge on any atom is 0.334 e. The molecule has 2 aromatic heterocycles. The summed E-state index contributed by atoms with van der Waals surface area (Å²) in [6, 6.07) is 4.90. The van der Waals surface area contributed by atoms with Gasteiger partial charge in [-0.3, -0.25) is 14.3 Å². The van der Waals surface area contributed by atoms with Crippen LogP contribution >= 0.6 is 11.6 Å². The molecule has 0 aliphatic carbocycles. The van der Waals surface area contributed by atoms with Gasteiger partial charge in [-0.1, -0.05) is 11.6 Å². The van der Waals surface area contributed by atoms with Gasteiger partial charge in [-0.2, -0.15) is 5.26 Å². The molecule has 84 valence electrons. The number of hydrogen-bond acceptors (Lipinski definition) is 4. The molecule has 0 aliphatic rings. The summed E-state index contributed by atoms with van der Waals surface area (Å²) in [4.78, 5) is 28.5. The van der Waals surface area contributed by atoms with E-state index in [1.807, 2.05) is 11.1 Å². The molecular weight excluding hydrogens is 244 g/mol. The van der Waals surface area contributed by atoms with Crippen molar-refractivity contribution < 1.29 is 0 Å². The van der Waals surface area contributed by atoms with Crippen molar-refractivity contribution in [2.75, 3.05) is 0 Å². The molecule has 0 unspecified atom stereocenters. The Morgan fingerprint density at radius 1 is 1.41 bits per heavy atom. The molecule has 0 saturated carbocycles. The van der Waals surface area contributed by atoms with Gasteiger partial charge >= 0.3 is 5.69 Å². The van der Waals surface area contributed by atoms with E-state index in [1.165, 1.54) is 24.5 Å². The molecular formula is C10H5ClN4O2. The predicted molar refractivity (Wildman–Crippen MR) is 60.2 cm³/mol. The molecule has 6 nitrogen and oxygen atoms in total. The minimum atomic E-state index is -0.651. The van der Waals surface area contributed by atoms with Gasteiger partial charge in [0.05, 0.1) is 5.56 Å². The molecule has 2 aromatic rings. The second kappa shape index (κ2) is 4.23. The Labute approximate surface area is 99.7 Å². The maximum atomic E-state index is 11.5. The Morgan fingerprint density at radius 3 is 2.76 bits per heavy atom. The van der Waals surface area contributed by atoms with Gasteiger partial charge in [-0.15, -0.1) is 0 Å². The first kappa shape index (κ1) is 11.1. The second-order valence-electron chi connectivity index (χ2n) is 3.12. The van der Waals surface area contributed by atoms with Crippen LogP contribution in [0.25, 0.3) is 5.82 Å². The first-order valence-electron chi connectivity index (χ1n) is 4.50. The van der Waals surface area contributed by atoms with Crippen molar-refractivity contribution in [1.82, 2.24) is 14.5 Å². The summed E-state index contributed by atoms with van der Waals surface area (Å²) in [5.74, 6) is 0.271. The fraction of sp³-hybridized carbons (Fsp3) is 0. The standard InChI is InChI=1S/C10H5ClN4O2/c11-7-5-15(10(17)14-9(7)16)8-2-1-6(3-12)4-13-8/h1-2,4-5H,(H,14,16,17). The molecule has 0 bridgehead atoms. The number of nitriles is 1. The van der Waals surface area contributed by atoms with Gasteiger partial charge in [-0.25, -0.2) is 9.78 Å². The maximum absolute atomic E-state index is 11.5. The topological polar surface area (TPSA) is 91.5 Å². The average molecular weight is 249 g/mol. The number of H-pyrrole nitrogens is 1. The van der Waals surface area contributed by atoms with E-state index in [2.05, 4.69) is 4.98 Å². The van der Waals surface area contributed by atoms with Crippen LogP contribution in [-0.4, -0.2) is 14.5 Å². The van der Waals surface area contributed by atoms with E-state index in [9.17, 15) is 9.59 Å². The summed E-state index contributed by atoms with van der Waals surface area (Å²) >= 11 is 5.61. The molecule has 17 heavy (non-hydrogen) atoms. The fourth-order valence-electron chi connectivity index (χ4n) is 1.21. The number of rotatable bonds is 1. The third kappa shape index (κ3) is 2.09. The lowest BCUT2D eigenvalue weighted by molar-refractivity contribution is 0.867. The summed E-state index contributed by atoms with van der Waals surface area (Å²) in [6.07, 6.45) is 2.50. The van der Waals surface area contributed by atoms with Crippen molar-refractivity contribution in [3.63, 3.8) is 0 Å². The van der Waals surface area contributed by atoms with Gasteiger partial charge in [0.25, 0.3) is 5.56 Å². The van der Waals surface area contributed by atoms with Gasteiger partial charge in [0.2, 0.25) is 0 Å². The number of aromatic nitrogens is 3. The van der Waals surface area contributed by atoms with E-state index in [0.29, 0.717) is 5.56 Å². The van der Waals surface area contributed by atoms with E-state index in [1.54, 1.807) is 0 Å². The highest BCUT2D eigenvalue weighted by Gasteiger charge is 2.05. The van der Waals surface area contributed by atoms with Gasteiger partial charge in [0.15, 0.2) is 0 Å². The number of halogens is 1. The Morgan fingerprint density at radius 2 is 2.18 bits per heavy atom. The number of aromatic amines is 1. The van der Waals surface area contributed by atoms with Crippen molar-refractivity contribution in [3.05, 3.63) is 56.0 Å². The van der Waals surface area contributed by atoms with Crippen molar-refractivity contribution >= 4 is 11.6 Å². The van der Waals surface area contributed by atoms with E-state index >= 15 is 0 Å². The summed E-state index contributed by atoms with van der Waals surface area (Å²) in [7, 11) is 0. The van der Waals surface area contributed by atoms with Gasteiger partial charge < -0.3 is 0 Å². The zero-order valence-corrected chi connectivity index (χ0v) is 9.10. The second-order valence-corrected chi connectivity index (χ2v) is 3.53. The minimum absolute atomic E-state index is 0.115. The average Bonchev–Trinajstić information content (AvgIpc) is 2.34. The van der Waals surface area contributed by atoms with Crippen LogP contribution in [0, 0.1) is 11.3 Å². The molecule has 0 atom stereocenters. The van der Waals surface area contributed by atoms with Crippen LogP contribution in [0.3, 0.4) is 0 Å². The number of hydrogen-bond donors (Lipinski definition) is 1. The molecule has 0 spiro atoms. The van der Waals surface area contributed by atoms with Gasteiger partial charge in [-0.05, 0) is 12.1 Å². The molecule has 0 aliphatic heterocycles. The molecule has 0 fully saturated rings. The zero-order chi connectivity index (χ0) is 12.4. The monoisotopic (exact) mass is 248 g/mol. The summed E-state index contributed by atoms with van der Waals surface area (Å²) in [5, 5.41) is 8.49. The van der Waals surface area contributed by atoms with E-state index in [0.717, 1.165) is 4.57 Å². The molecule has 0 radical (unpaired) electrons. The molecule has 2 heterocycles. The van der Waals surface area contributed by atoms with Crippen molar-refractivity contribution in [3.8, 4) is 11.9 Å². The third-order valence-corrected chi connectivity index (χ3v) is 2.29. The Balaban J connectivity index is 2.61. The molecule has 0 saturated heterocycles. The molecule has 1 N–H and O–H groups in total. The lowest BCUT2D eigenvalue weighted by Crippen LogP contribution is -2.29. The van der Waals surface area contributed by atoms with Crippen LogP contribution in [0.1, 0.15) is 5.56 Å². The Hall–Kier alpha value is -2.39. The number of nitrogens with zero attached hydrogens (tertiary/aromatic N) is 3. The highest BCUT2D eigenvalue weighted by Crippen LogP contribution is 2.04. The van der Waals surface area contributed by atoms with Gasteiger partial charge in [0.1, 0.15) is 16.9 Å². The Kier molecular flexibility index (Phi) is 2.77. The lowest BCUT2D eigenvalue weighted by atomic mass is 10.3. The fourth-order valence-corrected chi connectivity index (χ4v) is 1.36. The molecule has 0 aromatic carbocycles. The smallest absolute Gasteiger partial charge is 0.272 e. The summed E-state index contributed by atoms with van der Waals surface area (Å²) < 4.78 is 1.09. The lowest BCUT2D eigenvalue weighted by Gasteiger charge is -2.03. The van der Waals surface area contributed by atoms with Crippen LogP contribution in [0.5, 0.6) is 0 Å². The van der Waals surface area contributed by atoms with Crippen LogP contribution in [0.4, 0.5) is 0 Å². The highest BCUT2D eigenvalue weighted by atomic mass is 35.5. The first-order valence-corrected chi connectivity index (χ1v) is 4.87. The Bertz CT molecular complexity index is 709. The van der Waals surface area contributed by atoms with Gasteiger partial charge in [0, 0.05) is 12.4 Å². The van der Waals surface area contributed by atoms with E-state index in [-0.39, 0.29) is 10.8 Å². The van der Waals surface area contributed by atoms with Crippen molar-refractivity contribution in [2.45, 2.75) is 0 Å². The molecule has 7 heteroatoms. The number of pyridine rings is 1. The summed E-state index contributed by atoms with van der Waals surface area (Å²) in [6.45, 7) is 0. The predicted octanol–water partition coefficient (Wildman–Crippen LogP) is 0.446. The molecule has 0 amide bonds.